The Labute approximate surface area is 139 Å². The Morgan fingerprint density at radius 1 is 1.18 bits per heavy atom. The van der Waals surface area contributed by atoms with Gasteiger partial charge in [0.1, 0.15) is 0 Å². The number of primary amides is 1. The largest absolute Gasteiger partial charge is 0.369 e. The summed E-state index contributed by atoms with van der Waals surface area (Å²) >= 11 is 7.51. The van der Waals surface area contributed by atoms with Gasteiger partial charge in [-0.2, -0.15) is 0 Å². The molecular weight excluding hydrogens is 316 g/mol. The summed E-state index contributed by atoms with van der Waals surface area (Å²) in [5.41, 5.74) is 6.50. The van der Waals surface area contributed by atoms with Gasteiger partial charge in [0, 0.05) is 11.4 Å². The van der Waals surface area contributed by atoms with Gasteiger partial charge in [0.2, 0.25) is 5.91 Å². The van der Waals surface area contributed by atoms with Gasteiger partial charge < -0.3 is 5.73 Å². The molecule has 1 aromatic carbocycles. The molecule has 116 valence electrons. The molecule has 2 heterocycles. The maximum atomic E-state index is 12.1. The predicted molar refractivity (Wildman–Crippen MR) is 91.2 cm³/mol. The third kappa shape index (κ3) is 3.05. The normalized spacial score (nSPS) is 18.2. The maximum absolute atomic E-state index is 12.1. The van der Waals surface area contributed by atoms with Crippen LogP contribution in [-0.4, -0.2) is 23.9 Å². The highest BCUT2D eigenvalue weighted by atomic mass is 35.5. The number of carbonyl (C=O) groups is 1. The van der Waals surface area contributed by atoms with Crippen LogP contribution in [0.3, 0.4) is 0 Å². The third-order valence-corrected chi connectivity index (χ3v) is 5.91. The van der Waals surface area contributed by atoms with Crippen molar-refractivity contribution in [3.8, 4) is 0 Å². The molecule has 1 amide bonds. The first-order valence-corrected chi connectivity index (χ1v) is 8.62. The van der Waals surface area contributed by atoms with E-state index in [2.05, 4.69) is 29.2 Å². The zero-order valence-electron chi connectivity index (χ0n) is 12.3. The molecule has 2 aromatic rings. The predicted octanol–water partition coefficient (Wildman–Crippen LogP) is 3.42. The fourth-order valence-electron chi connectivity index (χ4n) is 3.12. The van der Waals surface area contributed by atoms with Crippen LogP contribution >= 0.6 is 22.9 Å². The number of nitrogens with zero attached hydrogens (tertiary/aromatic N) is 1. The summed E-state index contributed by atoms with van der Waals surface area (Å²) in [7, 11) is 0. The molecule has 2 N–H and O–H groups in total. The molecule has 0 aliphatic carbocycles. The van der Waals surface area contributed by atoms with E-state index in [9.17, 15) is 4.79 Å². The molecule has 1 aromatic heterocycles. The van der Waals surface area contributed by atoms with Crippen LogP contribution in [0.4, 0.5) is 0 Å². The van der Waals surface area contributed by atoms with Crippen molar-refractivity contribution in [1.82, 2.24) is 4.90 Å². The molecule has 0 unspecified atom stereocenters. The Kier molecular flexibility index (Phi) is 4.52. The van der Waals surface area contributed by atoms with Gasteiger partial charge in [-0.05, 0) is 43.6 Å². The molecule has 1 fully saturated rings. The molecule has 3 rings (SSSR count). The quantitative estimate of drug-likeness (QED) is 0.931. The Hall–Kier alpha value is -1.36. The lowest BCUT2D eigenvalue weighted by molar-refractivity contribution is -0.125. The summed E-state index contributed by atoms with van der Waals surface area (Å²) in [5.74, 6) is -0.231. The minimum Gasteiger partial charge on any atom is -0.369 e. The van der Waals surface area contributed by atoms with Crippen molar-refractivity contribution in [1.29, 1.82) is 0 Å². The number of nitrogens with two attached hydrogens (primary N) is 1. The third-order valence-electron chi connectivity index (χ3n) is 4.48. The second kappa shape index (κ2) is 6.41. The van der Waals surface area contributed by atoms with Gasteiger partial charge in [-0.3, -0.25) is 9.69 Å². The van der Waals surface area contributed by atoms with Gasteiger partial charge in [-0.15, -0.1) is 11.3 Å². The molecule has 0 saturated carbocycles. The van der Waals surface area contributed by atoms with Gasteiger partial charge in [0.15, 0.2) is 0 Å². The zero-order chi connectivity index (χ0) is 15.6. The fraction of sp³-hybridized carbons (Fsp3) is 0.353. The smallest absolute Gasteiger partial charge is 0.229 e. The summed E-state index contributed by atoms with van der Waals surface area (Å²) in [6.45, 7) is 2.65. The van der Waals surface area contributed by atoms with E-state index in [0.717, 1.165) is 37.4 Å². The van der Waals surface area contributed by atoms with E-state index in [1.165, 1.54) is 16.9 Å². The van der Waals surface area contributed by atoms with Crippen LogP contribution < -0.4 is 5.73 Å². The zero-order valence-corrected chi connectivity index (χ0v) is 13.9. The topological polar surface area (TPSA) is 46.3 Å². The second-order valence-corrected chi connectivity index (χ2v) is 7.53. The van der Waals surface area contributed by atoms with Crippen LogP contribution in [0.5, 0.6) is 0 Å². The van der Waals surface area contributed by atoms with Gasteiger partial charge in [0.25, 0.3) is 0 Å². The first-order chi connectivity index (χ1) is 10.6. The van der Waals surface area contributed by atoms with Crippen LogP contribution in [0.25, 0.3) is 0 Å². The molecule has 0 spiro atoms. The Morgan fingerprint density at radius 2 is 1.86 bits per heavy atom. The molecular formula is C17H19ClN2OS. The molecule has 1 aliphatic rings. The Bertz CT molecular complexity index is 648. The van der Waals surface area contributed by atoms with Gasteiger partial charge in [-0.25, -0.2) is 0 Å². The number of likely N-dealkylation sites (tertiary alicyclic amines) is 1. The van der Waals surface area contributed by atoms with Crippen LogP contribution in [0, 0.1) is 0 Å². The van der Waals surface area contributed by atoms with E-state index in [1.807, 2.05) is 18.2 Å². The maximum Gasteiger partial charge on any atom is 0.229 e. The van der Waals surface area contributed by atoms with Gasteiger partial charge in [-0.1, -0.05) is 41.9 Å². The van der Waals surface area contributed by atoms with Crippen LogP contribution in [-0.2, 0) is 16.8 Å². The van der Waals surface area contributed by atoms with Gasteiger partial charge in [0.05, 0.1) is 9.75 Å². The van der Waals surface area contributed by atoms with E-state index in [-0.39, 0.29) is 5.91 Å². The van der Waals surface area contributed by atoms with E-state index in [4.69, 9.17) is 17.3 Å². The first-order valence-electron chi connectivity index (χ1n) is 7.42. The lowest BCUT2D eigenvalue weighted by Crippen LogP contribution is -2.49. The average molecular weight is 335 g/mol. The number of hydrogen-bond donors (Lipinski definition) is 1. The summed E-state index contributed by atoms with van der Waals surface area (Å²) < 4.78 is 0.711. The number of carbonyl (C=O) groups excluding carboxylic acids is 1. The van der Waals surface area contributed by atoms with E-state index < -0.39 is 5.41 Å². The highest BCUT2D eigenvalue weighted by Gasteiger charge is 2.42. The van der Waals surface area contributed by atoms with Crippen molar-refractivity contribution in [2.24, 2.45) is 5.73 Å². The highest BCUT2D eigenvalue weighted by molar-refractivity contribution is 7.16. The van der Waals surface area contributed by atoms with Crippen molar-refractivity contribution in [3.63, 3.8) is 0 Å². The minimum absolute atomic E-state index is 0.231. The highest BCUT2D eigenvalue weighted by Crippen LogP contribution is 2.40. The van der Waals surface area contributed by atoms with E-state index in [1.54, 1.807) is 0 Å². The SMILES string of the molecule is NC(=O)C1(c2ccc(Cl)s2)CCN(Cc2ccccc2)CC1. The summed E-state index contributed by atoms with van der Waals surface area (Å²) in [4.78, 5) is 15.5. The van der Waals surface area contributed by atoms with Crippen molar-refractivity contribution in [2.75, 3.05) is 13.1 Å². The van der Waals surface area contributed by atoms with Crippen LogP contribution in [0.2, 0.25) is 4.34 Å². The minimum atomic E-state index is -0.551. The molecule has 22 heavy (non-hydrogen) atoms. The van der Waals surface area contributed by atoms with Crippen molar-refractivity contribution in [3.05, 3.63) is 57.2 Å². The number of amides is 1. The van der Waals surface area contributed by atoms with Gasteiger partial charge >= 0.3 is 0 Å². The summed E-state index contributed by atoms with van der Waals surface area (Å²) in [6.07, 6.45) is 1.51. The van der Waals surface area contributed by atoms with E-state index in [0.29, 0.717) is 4.34 Å². The summed E-state index contributed by atoms with van der Waals surface area (Å²) in [5, 5.41) is 0. The number of hydrogen-bond acceptors (Lipinski definition) is 3. The average Bonchev–Trinajstić information content (AvgIpc) is 2.96. The first kappa shape index (κ1) is 15.5. The monoisotopic (exact) mass is 334 g/mol. The number of thiophene rings is 1. The van der Waals surface area contributed by atoms with Crippen molar-refractivity contribution >= 4 is 28.8 Å². The van der Waals surface area contributed by atoms with Crippen LogP contribution in [0.1, 0.15) is 23.3 Å². The molecule has 1 aliphatic heterocycles. The number of halogens is 1. The molecule has 0 atom stereocenters. The van der Waals surface area contributed by atoms with Crippen molar-refractivity contribution in [2.45, 2.75) is 24.8 Å². The van der Waals surface area contributed by atoms with E-state index >= 15 is 0 Å². The number of rotatable bonds is 4. The van der Waals surface area contributed by atoms with Crippen LogP contribution in [0.15, 0.2) is 42.5 Å². The lowest BCUT2D eigenvalue weighted by atomic mass is 9.76. The summed E-state index contributed by atoms with van der Waals surface area (Å²) in [6, 6.07) is 14.2. The molecule has 0 radical (unpaired) electrons. The number of piperidine rings is 1. The molecule has 3 nitrogen and oxygen atoms in total. The molecule has 5 heteroatoms. The van der Waals surface area contributed by atoms with Crippen molar-refractivity contribution < 1.29 is 4.79 Å². The lowest BCUT2D eigenvalue weighted by Gasteiger charge is -2.39. The standard InChI is InChI=1S/C17H19ClN2OS/c18-15-7-6-14(22-15)17(16(19)21)8-10-20(11-9-17)12-13-4-2-1-3-5-13/h1-7H,8-12H2,(H2,19,21). The Morgan fingerprint density at radius 3 is 2.41 bits per heavy atom. The molecule has 1 saturated heterocycles. The fourth-order valence-corrected chi connectivity index (χ4v) is 4.41. The second-order valence-electron chi connectivity index (χ2n) is 5.81. The number of benzene rings is 1. The molecule has 0 bridgehead atoms. The Balaban J connectivity index is 1.72.